The predicted octanol–water partition coefficient (Wildman–Crippen LogP) is 5.21. The molecule has 0 atom stereocenters. The number of aryl methyl sites for hydroxylation is 2. The van der Waals surface area contributed by atoms with Crippen molar-refractivity contribution < 1.29 is 19.1 Å². The summed E-state index contributed by atoms with van der Waals surface area (Å²) < 4.78 is 6.24. The second-order valence-corrected chi connectivity index (χ2v) is 9.96. The van der Waals surface area contributed by atoms with Gasteiger partial charge in [-0.05, 0) is 61.1 Å². The zero-order chi connectivity index (χ0) is 23.0. The van der Waals surface area contributed by atoms with Gasteiger partial charge in [-0.25, -0.2) is 0 Å². The summed E-state index contributed by atoms with van der Waals surface area (Å²) in [5.41, 5.74) is 3.32. The van der Waals surface area contributed by atoms with E-state index in [1.807, 2.05) is 12.1 Å². The Balaban J connectivity index is 1.16. The smallest absolute Gasteiger partial charge is 0.223 e. The first-order valence-corrected chi connectivity index (χ1v) is 12.2. The third-order valence-electron chi connectivity index (χ3n) is 7.31. The van der Waals surface area contributed by atoms with Crippen LogP contribution in [0.3, 0.4) is 0 Å². The summed E-state index contributed by atoms with van der Waals surface area (Å²) in [6, 6.07) is 11.1. The van der Waals surface area contributed by atoms with Crippen molar-refractivity contribution in [1.82, 2.24) is 4.90 Å². The zero-order valence-electron chi connectivity index (χ0n) is 18.7. The molecule has 0 aromatic heterocycles. The highest BCUT2D eigenvalue weighted by atomic mass is 35.5. The van der Waals surface area contributed by atoms with E-state index in [2.05, 4.69) is 6.07 Å². The topological polar surface area (TPSA) is 63.7 Å². The Kier molecular flexibility index (Phi) is 6.00. The van der Waals surface area contributed by atoms with Gasteiger partial charge in [0, 0.05) is 49.4 Å². The molecule has 0 unspecified atom stereocenters. The maximum atomic E-state index is 12.8. The summed E-state index contributed by atoms with van der Waals surface area (Å²) in [4.78, 5) is 40.0. The van der Waals surface area contributed by atoms with Crippen molar-refractivity contribution in [2.75, 3.05) is 13.1 Å². The van der Waals surface area contributed by atoms with Crippen LogP contribution in [0.5, 0.6) is 5.75 Å². The molecule has 0 N–H and O–H groups in total. The number of likely N-dealkylation sites (tertiary alicyclic amines) is 1. The molecule has 1 saturated heterocycles. The van der Waals surface area contributed by atoms with Crippen LogP contribution in [0.25, 0.3) is 0 Å². The molecular weight excluding hydrogens is 438 g/mol. The summed E-state index contributed by atoms with van der Waals surface area (Å²) >= 11 is 6.02. The van der Waals surface area contributed by atoms with Crippen molar-refractivity contribution in [3.05, 3.63) is 63.7 Å². The van der Waals surface area contributed by atoms with Crippen molar-refractivity contribution in [3.63, 3.8) is 0 Å². The third kappa shape index (κ3) is 4.56. The Morgan fingerprint density at radius 2 is 1.73 bits per heavy atom. The van der Waals surface area contributed by atoms with Crippen LogP contribution in [0.2, 0.25) is 5.02 Å². The monoisotopic (exact) mass is 465 g/mol. The minimum atomic E-state index is -0.562. The van der Waals surface area contributed by atoms with Gasteiger partial charge >= 0.3 is 0 Å². The molecule has 1 amide bonds. The second-order valence-electron chi connectivity index (χ2n) is 9.52. The molecule has 2 aliphatic heterocycles. The number of benzene rings is 2. The second kappa shape index (κ2) is 8.94. The van der Waals surface area contributed by atoms with Gasteiger partial charge in [0.1, 0.15) is 11.4 Å². The Hall–Kier alpha value is -2.66. The number of rotatable bonds is 4. The van der Waals surface area contributed by atoms with Gasteiger partial charge in [-0.3, -0.25) is 14.4 Å². The van der Waals surface area contributed by atoms with Crippen LogP contribution >= 0.6 is 11.6 Å². The number of nitrogens with zero attached hydrogens (tertiary/aromatic N) is 1. The summed E-state index contributed by atoms with van der Waals surface area (Å²) in [6.07, 6.45) is 6.46. The number of carbonyl (C=O) groups is 3. The Morgan fingerprint density at radius 3 is 2.52 bits per heavy atom. The van der Waals surface area contributed by atoms with Crippen LogP contribution in [0.15, 0.2) is 36.4 Å². The molecule has 3 aliphatic rings. The van der Waals surface area contributed by atoms with E-state index in [4.69, 9.17) is 16.3 Å². The lowest BCUT2D eigenvalue weighted by Crippen LogP contribution is -2.52. The molecule has 1 spiro atoms. The fraction of sp³-hybridized carbons (Fsp3) is 0.444. The minimum Gasteiger partial charge on any atom is -0.486 e. The molecule has 0 bridgehead atoms. The molecule has 0 saturated carbocycles. The molecule has 33 heavy (non-hydrogen) atoms. The molecule has 5 nitrogen and oxygen atoms in total. The number of ether oxygens (including phenoxy) is 1. The Labute approximate surface area is 199 Å². The third-order valence-corrected chi connectivity index (χ3v) is 7.55. The van der Waals surface area contributed by atoms with Crippen molar-refractivity contribution in [2.24, 2.45) is 0 Å². The standard InChI is InChI=1S/C27H28ClNO4/c28-21-7-9-25-22(16-21)24(31)17-27(33-25)11-13-29(14-12-27)26(32)10-8-23(30)20-6-5-18-3-1-2-4-19(18)15-20/h5-7,9,15-16H,1-4,8,10-14,17H2. The maximum absolute atomic E-state index is 12.8. The fourth-order valence-corrected chi connectivity index (χ4v) is 5.51. The number of hydrogen-bond donors (Lipinski definition) is 0. The molecule has 2 aromatic rings. The average molecular weight is 466 g/mol. The number of fused-ring (bicyclic) bond motifs is 2. The van der Waals surface area contributed by atoms with Crippen LogP contribution in [0.1, 0.15) is 76.8 Å². The number of ketones is 2. The fourth-order valence-electron chi connectivity index (χ4n) is 5.34. The van der Waals surface area contributed by atoms with E-state index in [1.165, 1.54) is 24.0 Å². The number of carbonyl (C=O) groups excluding carboxylic acids is 3. The lowest BCUT2D eigenvalue weighted by atomic mass is 9.82. The normalized spacial score (nSPS) is 18.9. The molecule has 1 fully saturated rings. The minimum absolute atomic E-state index is 0.00882. The van der Waals surface area contributed by atoms with Gasteiger partial charge < -0.3 is 9.64 Å². The van der Waals surface area contributed by atoms with Gasteiger partial charge in [-0.15, -0.1) is 0 Å². The highest BCUT2D eigenvalue weighted by molar-refractivity contribution is 6.31. The first-order chi connectivity index (χ1) is 15.9. The number of halogens is 1. The van der Waals surface area contributed by atoms with E-state index in [9.17, 15) is 14.4 Å². The number of piperidine rings is 1. The quantitative estimate of drug-likeness (QED) is 0.581. The van der Waals surface area contributed by atoms with Gasteiger partial charge in [-0.1, -0.05) is 23.7 Å². The van der Waals surface area contributed by atoms with E-state index in [0.717, 1.165) is 12.8 Å². The molecule has 0 radical (unpaired) electrons. The highest BCUT2D eigenvalue weighted by Gasteiger charge is 2.43. The summed E-state index contributed by atoms with van der Waals surface area (Å²) in [7, 11) is 0. The summed E-state index contributed by atoms with van der Waals surface area (Å²) in [5, 5.41) is 0.520. The molecule has 6 heteroatoms. The number of amides is 1. The molecular formula is C27H28ClNO4. The lowest BCUT2D eigenvalue weighted by Gasteiger charge is -2.44. The number of Topliss-reactive ketones (excluding diaryl/α,β-unsaturated/α-hetero) is 2. The average Bonchev–Trinajstić information content (AvgIpc) is 2.83. The Bertz CT molecular complexity index is 1120. The highest BCUT2D eigenvalue weighted by Crippen LogP contribution is 2.40. The summed E-state index contributed by atoms with van der Waals surface area (Å²) in [6.45, 7) is 1.06. The predicted molar refractivity (Wildman–Crippen MR) is 126 cm³/mol. The van der Waals surface area contributed by atoms with Gasteiger partial charge in [0.2, 0.25) is 5.91 Å². The van der Waals surface area contributed by atoms with Crippen LogP contribution < -0.4 is 4.74 Å². The van der Waals surface area contributed by atoms with Gasteiger partial charge in [0.25, 0.3) is 0 Å². The van der Waals surface area contributed by atoms with Crippen LogP contribution in [-0.4, -0.2) is 41.1 Å². The van der Waals surface area contributed by atoms with Crippen molar-refractivity contribution in [3.8, 4) is 5.75 Å². The van der Waals surface area contributed by atoms with Crippen LogP contribution in [0, 0.1) is 0 Å². The van der Waals surface area contributed by atoms with Crippen LogP contribution in [-0.2, 0) is 17.6 Å². The van der Waals surface area contributed by atoms with E-state index >= 15 is 0 Å². The zero-order valence-corrected chi connectivity index (χ0v) is 19.5. The molecule has 2 heterocycles. The molecule has 172 valence electrons. The van der Waals surface area contributed by atoms with E-state index in [1.54, 1.807) is 23.1 Å². The summed E-state index contributed by atoms with van der Waals surface area (Å²) in [5.74, 6) is 0.632. The first-order valence-electron chi connectivity index (χ1n) is 11.9. The van der Waals surface area contributed by atoms with Gasteiger partial charge in [0.05, 0.1) is 12.0 Å². The number of hydrogen-bond acceptors (Lipinski definition) is 4. The van der Waals surface area contributed by atoms with Crippen molar-refractivity contribution in [2.45, 2.75) is 63.4 Å². The van der Waals surface area contributed by atoms with Gasteiger partial charge in [0.15, 0.2) is 11.6 Å². The van der Waals surface area contributed by atoms with E-state index < -0.39 is 5.60 Å². The SMILES string of the molecule is O=C(CCC(=O)N1CCC2(CC1)CC(=O)c1cc(Cl)ccc1O2)c1ccc2c(c1)CCCC2. The first kappa shape index (κ1) is 22.1. The Morgan fingerprint density at radius 1 is 0.970 bits per heavy atom. The van der Waals surface area contributed by atoms with Crippen molar-refractivity contribution >= 4 is 29.1 Å². The lowest BCUT2D eigenvalue weighted by molar-refractivity contribution is -0.134. The molecule has 5 rings (SSSR count). The van der Waals surface area contributed by atoms with E-state index in [-0.39, 0.29) is 30.3 Å². The van der Waals surface area contributed by atoms with Gasteiger partial charge in [-0.2, -0.15) is 0 Å². The maximum Gasteiger partial charge on any atom is 0.223 e. The van der Waals surface area contributed by atoms with E-state index in [0.29, 0.717) is 54.3 Å². The molecule has 1 aliphatic carbocycles. The van der Waals surface area contributed by atoms with Crippen LogP contribution in [0.4, 0.5) is 0 Å². The van der Waals surface area contributed by atoms with Crippen molar-refractivity contribution in [1.29, 1.82) is 0 Å². The largest absolute Gasteiger partial charge is 0.486 e. The molecule has 2 aromatic carbocycles.